The van der Waals surface area contributed by atoms with Gasteiger partial charge < -0.3 is 10.6 Å². The molecule has 0 spiro atoms. The van der Waals surface area contributed by atoms with E-state index in [0.717, 1.165) is 36.6 Å². The Morgan fingerprint density at radius 2 is 1.85 bits per heavy atom. The van der Waals surface area contributed by atoms with Crippen molar-refractivity contribution in [2.75, 3.05) is 24.2 Å². The fourth-order valence-corrected chi connectivity index (χ4v) is 3.90. The Balaban J connectivity index is 1.39. The number of rotatable bonds is 7. The summed E-state index contributed by atoms with van der Waals surface area (Å²) in [5.41, 5.74) is 2.07. The van der Waals surface area contributed by atoms with Gasteiger partial charge in [0.25, 0.3) is 0 Å². The summed E-state index contributed by atoms with van der Waals surface area (Å²) < 4.78 is 0. The van der Waals surface area contributed by atoms with Gasteiger partial charge in [0.15, 0.2) is 0 Å². The van der Waals surface area contributed by atoms with Crippen LogP contribution in [0.15, 0.2) is 59.5 Å². The molecule has 1 heterocycles. The van der Waals surface area contributed by atoms with E-state index in [9.17, 15) is 9.59 Å². The second-order valence-electron chi connectivity index (χ2n) is 6.77. The Labute approximate surface area is 164 Å². The molecule has 2 aromatic carbocycles. The summed E-state index contributed by atoms with van der Waals surface area (Å²) in [6, 6.07) is 18.2. The predicted octanol–water partition coefficient (Wildman–Crippen LogP) is 3.13. The Morgan fingerprint density at radius 3 is 2.56 bits per heavy atom. The highest BCUT2D eigenvalue weighted by Gasteiger charge is 2.23. The zero-order valence-corrected chi connectivity index (χ0v) is 16.3. The van der Waals surface area contributed by atoms with Crippen molar-refractivity contribution in [3.8, 4) is 0 Å². The summed E-state index contributed by atoms with van der Waals surface area (Å²) in [7, 11) is 0. The highest BCUT2D eigenvalue weighted by Crippen LogP contribution is 2.20. The number of carbonyl (C=O) groups excluding carboxylic acids is 2. The molecule has 1 aliphatic heterocycles. The molecule has 1 atom stereocenters. The largest absolute Gasteiger partial charge is 0.351 e. The minimum absolute atomic E-state index is 0.0671. The summed E-state index contributed by atoms with van der Waals surface area (Å²) in [6.45, 7) is 4.33. The Morgan fingerprint density at radius 1 is 1.11 bits per heavy atom. The number of nitrogens with zero attached hydrogens (tertiary/aromatic N) is 1. The van der Waals surface area contributed by atoms with Gasteiger partial charge in [-0.3, -0.25) is 14.5 Å². The molecule has 6 heteroatoms. The number of hydrogen-bond acceptors (Lipinski definition) is 4. The summed E-state index contributed by atoms with van der Waals surface area (Å²) in [6.07, 6.45) is 0.995. The van der Waals surface area contributed by atoms with E-state index < -0.39 is 0 Å². The number of benzene rings is 2. The summed E-state index contributed by atoms with van der Waals surface area (Å²) in [4.78, 5) is 26.7. The highest BCUT2D eigenvalue weighted by molar-refractivity contribution is 8.00. The average Bonchev–Trinajstić information content (AvgIpc) is 3.08. The van der Waals surface area contributed by atoms with Crippen molar-refractivity contribution in [3.63, 3.8) is 0 Å². The van der Waals surface area contributed by atoms with E-state index in [1.54, 1.807) is 0 Å². The van der Waals surface area contributed by atoms with Gasteiger partial charge in [-0.2, -0.15) is 0 Å². The van der Waals surface area contributed by atoms with Crippen LogP contribution in [0.5, 0.6) is 0 Å². The van der Waals surface area contributed by atoms with Crippen molar-refractivity contribution in [2.24, 2.45) is 0 Å². The van der Waals surface area contributed by atoms with Gasteiger partial charge in [0, 0.05) is 43.2 Å². The lowest BCUT2D eigenvalue weighted by molar-refractivity contribution is -0.119. The first-order chi connectivity index (χ1) is 13.1. The normalized spacial score (nSPS) is 16.9. The van der Waals surface area contributed by atoms with Gasteiger partial charge >= 0.3 is 0 Å². The molecular formula is C21H25N3O2S. The van der Waals surface area contributed by atoms with Crippen LogP contribution in [0.4, 0.5) is 5.69 Å². The summed E-state index contributed by atoms with van der Waals surface area (Å²) >= 11 is 1.50. The standard InChI is InChI=1S/C21H25N3O2S/c1-16(25)22-18-7-9-20(10-8-18)27-15-21(26)23-19-11-12-24(14-19)13-17-5-3-2-4-6-17/h2-10,19H,11-15H2,1H3,(H,22,25)(H,23,26). The van der Waals surface area contributed by atoms with E-state index in [1.165, 1.54) is 24.2 Å². The first-order valence-corrected chi connectivity index (χ1v) is 10.1. The predicted molar refractivity (Wildman–Crippen MR) is 110 cm³/mol. The van der Waals surface area contributed by atoms with Gasteiger partial charge in [-0.1, -0.05) is 30.3 Å². The SMILES string of the molecule is CC(=O)Nc1ccc(SCC(=O)NC2CCN(Cc3ccccc3)C2)cc1. The van der Waals surface area contributed by atoms with Crippen molar-refractivity contribution in [2.45, 2.75) is 30.8 Å². The van der Waals surface area contributed by atoms with E-state index in [-0.39, 0.29) is 17.9 Å². The van der Waals surface area contributed by atoms with Crippen LogP contribution in [-0.2, 0) is 16.1 Å². The molecule has 1 aliphatic rings. The van der Waals surface area contributed by atoms with Crippen molar-refractivity contribution in [1.82, 2.24) is 10.2 Å². The van der Waals surface area contributed by atoms with Crippen molar-refractivity contribution >= 4 is 29.3 Å². The zero-order valence-electron chi connectivity index (χ0n) is 15.5. The first-order valence-electron chi connectivity index (χ1n) is 9.14. The van der Waals surface area contributed by atoms with E-state index in [1.807, 2.05) is 30.3 Å². The molecule has 3 rings (SSSR count). The molecule has 1 unspecified atom stereocenters. The molecule has 0 saturated carbocycles. The number of nitrogens with one attached hydrogen (secondary N) is 2. The number of thioether (sulfide) groups is 1. The van der Waals surface area contributed by atoms with Crippen LogP contribution in [0.2, 0.25) is 0 Å². The number of likely N-dealkylation sites (tertiary alicyclic amines) is 1. The van der Waals surface area contributed by atoms with Crippen molar-refractivity contribution in [3.05, 3.63) is 60.2 Å². The van der Waals surface area contributed by atoms with Crippen molar-refractivity contribution < 1.29 is 9.59 Å². The third-order valence-corrected chi connectivity index (χ3v) is 5.44. The summed E-state index contributed by atoms with van der Waals surface area (Å²) in [5, 5.41) is 5.88. The molecule has 1 fully saturated rings. The summed E-state index contributed by atoms with van der Waals surface area (Å²) in [5.74, 6) is 0.374. The number of anilines is 1. The topological polar surface area (TPSA) is 61.4 Å². The smallest absolute Gasteiger partial charge is 0.230 e. The number of hydrogen-bond donors (Lipinski definition) is 2. The third-order valence-electron chi connectivity index (χ3n) is 4.43. The van der Waals surface area contributed by atoms with E-state index >= 15 is 0 Å². The second kappa shape index (κ2) is 9.58. The van der Waals surface area contributed by atoms with Crippen LogP contribution < -0.4 is 10.6 Å². The first kappa shape index (κ1) is 19.5. The zero-order chi connectivity index (χ0) is 19.1. The second-order valence-corrected chi connectivity index (χ2v) is 7.82. The molecule has 2 aromatic rings. The van der Waals surface area contributed by atoms with Crippen LogP contribution in [0.3, 0.4) is 0 Å². The quantitative estimate of drug-likeness (QED) is 0.721. The lowest BCUT2D eigenvalue weighted by Crippen LogP contribution is -2.37. The maximum atomic E-state index is 12.2. The Hall–Kier alpha value is -2.31. The van der Waals surface area contributed by atoms with Crippen LogP contribution in [0, 0.1) is 0 Å². The molecule has 2 N–H and O–H groups in total. The molecular weight excluding hydrogens is 358 g/mol. The molecule has 2 amide bonds. The van der Waals surface area contributed by atoms with Gasteiger partial charge in [0.05, 0.1) is 5.75 Å². The van der Waals surface area contributed by atoms with Crippen molar-refractivity contribution in [1.29, 1.82) is 0 Å². The fourth-order valence-electron chi connectivity index (χ4n) is 3.19. The minimum atomic E-state index is -0.0901. The molecule has 27 heavy (non-hydrogen) atoms. The number of amides is 2. The van der Waals surface area contributed by atoms with Crippen LogP contribution >= 0.6 is 11.8 Å². The van der Waals surface area contributed by atoms with Gasteiger partial charge in [-0.15, -0.1) is 11.8 Å². The Bertz CT molecular complexity index is 765. The van der Waals surface area contributed by atoms with Crippen LogP contribution in [0.1, 0.15) is 18.9 Å². The molecule has 0 bridgehead atoms. The molecule has 0 aromatic heterocycles. The highest BCUT2D eigenvalue weighted by atomic mass is 32.2. The molecule has 0 radical (unpaired) electrons. The lowest BCUT2D eigenvalue weighted by atomic mass is 10.2. The van der Waals surface area contributed by atoms with Gasteiger partial charge in [-0.25, -0.2) is 0 Å². The van der Waals surface area contributed by atoms with E-state index in [0.29, 0.717) is 5.75 Å². The van der Waals surface area contributed by atoms with Gasteiger partial charge in [0.2, 0.25) is 11.8 Å². The molecule has 5 nitrogen and oxygen atoms in total. The molecule has 1 saturated heterocycles. The van der Waals surface area contributed by atoms with E-state index in [2.05, 4.69) is 39.8 Å². The average molecular weight is 384 g/mol. The molecule has 142 valence electrons. The lowest BCUT2D eigenvalue weighted by Gasteiger charge is -2.16. The van der Waals surface area contributed by atoms with E-state index in [4.69, 9.17) is 0 Å². The third kappa shape index (κ3) is 6.41. The van der Waals surface area contributed by atoms with Gasteiger partial charge in [0.1, 0.15) is 0 Å². The number of carbonyl (C=O) groups is 2. The molecule has 0 aliphatic carbocycles. The Kier molecular flexibility index (Phi) is 6.90. The maximum Gasteiger partial charge on any atom is 0.230 e. The monoisotopic (exact) mass is 383 g/mol. The van der Waals surface area contributed by atoms with Gasteiger partial charge in [-0.05, 0) is 36.2 Å². The minimum Gasteiger partial charge on any atom is -0.351 e. The fraction of sp³-hybridized carbons (Fsp3) is 0.333. The van der Waals surface area contributed by atoms with Crippen LogP contribution in [0.25, 0.3) is 0 Å². The maximum absolute atomic E-state index is 12.2. The van der Waals surface area contributed by atoms with Crippen LogP contribution in [-0.4, -0.2) is 41.6 Å².